The Labute approximate surface area is 115 Å². The van der Waals surface area contributed by atoms with Crippen molar-refractivity contribution in [3.63, 3.8) is 0 Å². The fourth-order valence-corrected chi connectivity index (χ4v) is 3.08. The van der Waals surface area contributed by atoms with Crippen molar-refractivity contribution in [2.24, 2.45) is 17.3 Å². The highest BCUT2D eigenvalue weighted by Gasteiger charge is 2.61. The smallest absolute Gasteiger partial charge is 0.242 e. The number of carbonyl (C=O) groups excluding carboxylic acids is 2. The van der Waals surface area contributed by atoms with Crippen molar-refractivity contribution in [2.45, 2.75) is 40.7 Å². The zero-order valence-corrected chi connectivity index (χ0v) is 12.5. The maximum atomic E-state index is 12.6. The van der Waals surface area contributed by atoms with Gasteiger partial charge in [-0.05, 0) is 32.1 Å². The summed E-state index contributed by atoms with van der Waals surface area (Å²) < 4.78 is 0. The van der Waals surface area contributed by atoms with E-state index in [-0.39, 0.29) is 29.2 Å². The summed E-state index contributed by atoms with van der Waals surface area (Å²) in [5, 5.41) is 2.80. The molecule has 0 aromatic rings. The molecule has 0 radical (unpaired) electrons. The van der Waals surface area contributed by atoms with Crippen LogP contribution in [0.4, 0.5) is 0 Å². The summed E-state index contributed by atoms with van der Waals surface area (Å²) in [6.07, 6.45) is 2.19. The van der Waals surface area contributed by atoms with E-state index in [0.29, 0.717) is 19.0 Å². The molecule has 1 saturated carbocycles. The quantitative estimate of drug-likeness (QED) is 0.770. The van der Waals surface area contributed by atoms with Gasteiger partial charge < -0.3 is 10.2 Å². The lowest BCUT2D eigenvalue weighted by Crippen LogP contribution is -2.56. The number of piperazine rings is 1. The SMILES string of the molecule is CC(C)=C[C@@H]1[C@H](C(=O)N2CCNC(=O)[C@H]2C)C1(C)C. The van der Waals surface area contributed by atoms with Crippen LogP contribution in [0.25, 0.3) is 0 Å². The first kappa shape index (κ1) is 14.1. The van der Waals surface area contributed by atoms with Crippen LogP contribution in [-0.4, -0.2) is 35.8 Å². The highest BCUT2D eigenvalue weighted by molar-refractivity contribution is 5.91. The van der Waals surface area contributed by atoms with Crippen molar-refractivity contribution >= 4 is 11.8 Å². The molecule has 4 heteroatoms. The molecule has 0 bridgehead atoms. The molecular formula is C15H24N2O2. The summed E-state index contributed by atoms with van der Waals surface area (Å²) in [5.74, 6) is 0.421. The summed E-state index contributed by atoms with van der Waals surface area (Å²) in [6, 6.07) is -0.343. The summed E-state index contributed by atoms with van der Waals surface area (Å²) in [5.41, 5.74) is 1.26. The molecule has 1 N–H and O–H groups in total. The van der Waals surface area contributed by atoms with Crippen molar-refractivity contribution in [1.82, 2.24) is 10.2 Å². The van der Waals surface area contributed by atoms with Crippen molar-refractivity contribution in [3.05, 3.63) is 11.6 Å². The summed E-state index contributed by atoms with van der Waals surface area (Å²) >= 11 is 0. The van der Waals surface area contributed by atoms with E-state index in [1.54, 1.807) is 11.8 Å². The maximum Gasteiger partial charge on any atom is 0.242 e. The molecule has 1 saturated heterocycles. The average molecular weight is 264 g/mol. The van der Waals surface area contributed by atoms with E-state index >= 15 is 0 Å². The maximum absolute atomic E-state index is 12.6. The number of hydrogen-bond donors (Lipinski definition) is 1. The number of nitrogens with zero attached hydrogens (tertiary/aromatic N) is 1. The Morgan fingerprint density at radius 2 is 2.05 bits per heavy atom. The van der Waals surface area contributed by atoms with Crippen molar-refractivity contribution in [2.75, 3.05) is 13.1 Å². The van der Waals surface area contributed by atoms with Gasteiger partial charge in [-0.1, -0.05) is 25.5 Å². The molecule has 1 aliphatic carbocycles. The molecule has 4 nitrogen and oxygen atoms in total. The Kier molecular flexibility index (Phi) is 3.45. The normalized spacial score (nSPS) is 32.6. The molecule has 0 spiro atoms. The van der Waals surface area contributed by atoms with Gasteiger partial charge in [-0.2, -0.15) is 0 Å². The second-order valence-electron chi connectivity index (χ2n) is 6.57. The van der Waals surface area contributed by atoms with Crippen LogP contribution < -0.4 is 5.32 Å². The number of allylic oxidation sites excluding steroid dienone is 2. The first-order valence-corrected chi connectivity index (χ1v) is 7.00. The zero-order chi connectivity index (χ0) is 14.4. The minimum Gasteiger partial charge on any atom is -0.353 e. The third-order valence-corrected chi connectivity index (χ3v) is 4.47. The Hall–Kier alpha value is -1.32. The van der Waals surface area contributed by atoms with Gasteiger partial charge in [0.05, 0.1) is 5.92 Å². The molecule has 0 aromatic carbocycles. The lowest BCUT2D eigenvalue weighted by Gasteiger charge is -2.33. The van der Waals surface area contributed by atoms with Crippen LogP contribution >= 0.6 is 0 Å². The second kappa shape index (κ2) is 4.66. The number of carbonyl (C=O) groups is 2. The van der Waals surface area contributed by atoms with E-state index in [9.17, 15) is 9.59 Å². The van der Waals surface area contributed by atoms with Crippen LogP contribution in [0.2, 0.25) is 0 Å². The molecule has 2 amide bonds. The van der Waals surface area contributed by atoms with Crippen LogP contribution in [0.1, 0.15) is 34.6 Å². The van der Waals surface area contributed by atoms with Gasteiger partial charge in [-0.3, -0.25) is 9.59 Å². The topological polar surface area (TPSA) is 49.4 Å². The zero-order valence-electron chi connectivity index (χ0n) is 12.5. The molecule has 2 fully saturated rings. The van der Waals surface area contributed by atoms with Gasteiger partial charge in [0.15, 0.2) is 0 Å². The highest BCUT2D eigenvalue weighted by atomic mass is 16.2. The van der Waals surface area contributed by atoms with E-state index in [4.69, 9.17) is 0 Å². The third-order valence-electron chi connectivity index (χ3n) is 4.47. The Morgan fingerprint density at radius 3 is 2.63 bits per heavy atom. The Bertz CT molecular complexity index is 435. The van der Waals surface area contributed by atoms with Crippen LogP contribution in [0, 0.1) is 17.3 Å². The minimum atomic E-state index is -0.343. The van der Waals surface area contributed by atoms with E-state index in [1.807, 2.05) is 0 Å². The van der Waals surface area contributed by atoms with Crippen molar-refractivity contribution in [3.8, 4) is 0 Å². The van der Waals surface area contributed by atoms with E-state index in [0.717, 1.165) is 0 Å². The average Bonchev–Trinajstić information content (AvgIpc) is 2.82. The third kappa shape index (κ3) is 2.40. The van der Waals surface area contributed by atoms with Crippen molar-refractivity contribution in [1.29, 1.82) is 0 Å². The van der Waals surface area contributed by atoms with Gasteiger partial charge in [0.2, 0.25) is 11.8 Å². The molecule has 106 valence electrons. The molecule has 1 heterocycles. The van der Waals surface area contributed by atoms with Gasteiger partial charge in [0.25, 0.3) is 0 Å². The van der Waals surface area contributed by atoms with Gasteiger partial charge in [0.1, 0.15) is 6.04 Å². The molecule has 0 unspecified atom stereocenters. The largest absolute Gasteiger partial charge is 0.353 e. The van der Waals surface area contributed by atoms with Crippen LogP contribution in [0.5, 0.6) is 0 Å². The number of nitrogens with one attached hydrogen (secondary N) is 1. The molecule has 2 rings (SSSR count). The van der Waals surface area contributed by atoms with E-state index in [2.05, 4.69) is 39.1 Å². The van der Waals surface area contributed by atoms with Crippen LogP contribution in [0.15, 0.2) is 11.6 Å². The molecule has 19 heavy (non-hydrogen) atoms. The standard InChI is InChI=1S/C15H24N2O2/c1-9(2)8-11-12(15(11,4)5)14(19)17-7-6-16-13(18)10(17)3/h8,10-12H,6-7H2,1-5H3,(H,16,18)/t10-,11-,12-/m1/s1. The molecule has 0 aromatic heterocycles. The summed E-state index contributed by atoms with van der Waals surface area (Å²) in [7, 11) is 0. The molecule has 3 atom stereocenters. The van der Waals surface area contributed by atoms with Gasteiger partial charge in [-0.25, -0.2) is 0 Å². The lowest BCUT2D eigenvalue weighted by atomic mass is 10.1. The molecule has 1 aliphatic heterocycles. The Balaban J connectivity index is 2.13. The summed E-state index contributed by atoms with van der Waals surface area (Å²) in [6.45, 7) is 11.4. The lowest BCUT2D eigenvalue weighted by molar-refractivity contribution is -0.144. The number of hydrogen-bond acceptors (Lipinski definition) is 2. The first-order valence-electron chi connectivity index (χ1n) is 7.00. The number of rotatable bonds is 2. The van der Waals surface area contributed by atoms with Gasteiger partial charge in [-0.15, -0.1) is 0 Å². The van der Waals surface area contributed by atoms with Gasteiger partial charge >= 0.3 is 0 Å². The second-order valence-corrected chi connectivity index (χ2v) is 6.57. The van der Waals surface area contributed by atoms with Crippen molar-refractivity contribution < 1.29 is 9.59 Å². The van der Waals surface area contributed by atoms with Crippen LogP contribution in [-0.2, 0) is 9.59 Å². The monoisotopic (exact) mass is 264 g/mol. The predicted octanol–water partition coefficient (Wildman–Crippen LogP) is 1.57. The van der Waals surface area contributed by atoms with E-state index in [1.165, 1.54) is 5.57 Å². The minimum absolute atomic E-state index is 0.0159. The molecule has 2 aliphatic rings. The predicted molar refractivity (Wildman–Crippen MR) is 74.4 cm³/mol. The number of amides is 2. The fraction of sp³-hybridized carbons (Fsp3) is 0.733. The highest BCUT2D eigenvalue weighted by Crippen LogP contribution is 2.60. The fourth-order valence-electron chi connectivity index (χ4n) is 3.08. The summed E-state index contributed by atoms with van der Waals surface area (Å²) in [4.78, 5) is 26.0. The van der Waals surface area contributed by atoms with Gasteiger partial charge in [0, 0.05) is 13.1 Å². The van der Waals surface area contributed by atoms with E-state index < -0.39 is 0 Å². The molecular weight excluding hydrogens is 240 g/mol. The van der Waals surface area contributed by atoms with Crippen LogP contribution in [0.3, 0.4) is 0 Å². The Morgan fingerprint density at radius 1 is 1.42 bits per heavy atom. The first-order chi connectivity index (χ1) is 8.76.